The molecule has 0 saturated carbocycles. The standard InChI is InChI=1S/C24H40N6O.HI/c1-4-28-13-15-29(16-14-28)19-22-8-6-5-7-21(22)18-27-24(26-3)30-11-9-20(10-12-30)17-23(31)25-2;/h5-8,20H,4,9-19H2,1-3H3,(H,25,31)(H,26,27);1H. The van der Waals surface area contributed by atoms with Crippen molar-refractivity contribution in [2.24, 2.45) is 10.9 Å². The van der Waals surface area contributed by atoms with Crippen molar-refractivity contribution in [3.63, 3.8) is 0 Å². The van der Waals surface area contributed by atoms with E-state index < -0.39 is 0 Å². The van der Waals surface area contributed by atoms with E-state index >= 15 is 0 Å². The molecule has 2 fully saturated rings. The van der Waals surface area contributed by atoms with Gasteiger partial charge in [-0.2, -0.15) is 0 Å². The van der Waals surface area contributed by atoms with Gasteiger partial charge in [0.05, 0.1) is 0 Å². The summed E-state index contributed by atoms with van der Waals surface area (Å²) < 4.78 is 0. The van der Waals surface area contributed by atoms with Gasteiger partial charge < -0.3 is 20.4 Å². The molecule has 2 aliphatic rings. The molecule has 1 amide bonds. The van der Waals surface area contributed by atoms with Crippen molar-refractivity contribution in [3.05, 3.63) is 35.4 Å². The first-order valence-corrected chi connectivity index (χ1v) is 11.8. The first-order valence-electron chi connectivity index (χ1n) is 11.8. The number of piperidine rings is 1. The van der Waals surface area contributed by atoms with Crippen molar-refractivity contribution < 1.29 is 4.79 Å². The van der Waals surface area contributed by atoms with Crippen molar-refractivity contribution in [2.75, 3.05) is 59.9 Å². The maximum Gasteiger partial charge on any atom is 0.220 e. The van der Waals surface area contributed by atoms with E-state index in [0.29, 0.717) is 12.3 Å². The zero-order valence-corrected chi connectivity index (χ0v) is 22.3. The van der Waals surface area contributed by atoms with Gasteiger partial charge >= 0.3 is 0 Å². The van der Waals surface area contributed by atoms with E-state index in [1.165, 1.54) is 24.2 Å². The molecule has 1 aromatic carbocycles. The number of carbonyl (C=O) groups excluding carboxylic acids is 1. The Hall–Kier alpha value is -1.39. The summed E-state index contributed by atoms with van der Waals surface area (Å²) in [6.07, 6.45) is 2.71. The first-order chi connectivity index (χ1) is 15.1. The van der Waals surface area contributed by atoms with Crippen LogP contribution >= 0.6 is 24.0 Å². The second kappa shape index (κ2) is 14.0. The van der Waals surface area contributed by atoms with Gasteiger partial charge in [0.25, 0.3) is 0 Å². The molecule has 2 aliphatic heterocycles. The van der Waals surface area contributed by atoms with Crippen LogP contribution in [0.25, 0.3) is 0 Å². The molecule has 0 bridgehead atoms. The number of benzene rings is 1. The third-order valence-electron chi connectivity index (χ3n) is 6.74. The fraction of sp³-hybridized carbons (Fsp3) is 0.667. The van der Waals surface area contributed by atoms with Crippen LogP contribution in [0.2, 0.25) is 0 Å². The minimum absolute atomic E-state index is 0. The van der Waals surface area contributed by atoms with Crippen molar-refractivity contribution in [1.82, 2.24) is 25.3 Å². The number of likely N-dealkylation sites (tertiary alicyclic amines) is 1. The molecule has 2 N–H and O–H groups in total. The third kappa shape index (κ3) is 7.88. The van der Waals surface area contributed by atoms with E-state index in [0.717, 1.165) is 64.6 Å². The SMILES string of the molecule is CCN1CCN(Cc2ccccc2CNC(=NC)N2CCC(CC(=O)NC)CC2)CC1.I. The average Bonchev–Trinajstić information content (AvgIpc) is 2.82. The van der Waals surface area contributed by atoms with Crippen LogP contribution in [0.1, 0.15) is 37.3 Å². The van der Waals surface area contributed by atoms with Crippen molar-refractivity contribution in [1.29, 1.82) is 0 Å². The Kier molecular flexibility index (Phi) is 11.7. The Morgan fingerprint density at radius 2 is 1.66 bits per heavy atom. The van der Waals surface area contributed by atoms with Crippen LogP contribution in [0.5, 0.6) is 0 Å². The molecule has 8 heteroatoms. The maximum absolute atomic E-state index is 11.7. The molecule has 0 aromatic heterocycles. The van der Waals surface area contributed by atoms with Crippen LogP contribution in [0, 0.1) is 5.92 Å². The average molecular weight is 557 g/mol. The Bertz CT molecular complexity index is 727. The van der Waals surface area contributed by atoms with Gasteiger partial charge in [-0.15, -0.1) is 24.0 Å². The first kappa shape index (κ1) is 26.9. The predicted molar refractivity (Wildman–Crippen MR) is 142 cm³/mol. The van der Waals surface area contributed by atoms with Crippen molar-refractivity contribution >= 4 is 35.8 Å². The van der Waals surface area contributed by atoms with Crippen molar-refractivity contribution in [3.8, 4) is 0 Å². The fourth-order valence-electron chi connectivity index (χ4n) is 4.61. The molecule has 0 atom stereocenters. The summed E-state index contributed by atoms with van der Waals surface area (Å²) in [6.45, 7) is 11.7. The van der Waals surface area contributed by atoms with E-state index in [4.69, 9.17) is 0 Å². The number of guanidine groups is 1. The molecule has 3 rings (SSSR count). The smallest absolute Gasteiger partial charge is 0.220 e. The number of amides is 1. The van der Waals surface area contributed by atoms with Crippen LogP contribution < -0.4 is 10.6 Å². The molecule has 180 valence electrons. The van der Waals surface area contributed by atoms with Gasteiger partial charge in [-0.25, -0.2) is 0 Å². The molecule has 1 aromatic rings. The number of carbonyl (C=O) groups is 1. The third-order valence-corrected chi connectivity index (χ3v) is 6.74. The topological polar surface area (TPSA) is 63.2 Å². The number of nitrogens with zero attached hydrogens (tertiary/aromatic N) is 4. The molecule has 2 saturated heterocycles. The lowest BCUT2D eigenvalue weighted by Gasteiger charge is -2.35. The summed E-state index contributed by atoms with van der Waals surface area (Å²) in [5, 5.41) is 6.33. The number of rotatable bonds is 7. The number of hydrogen-bond donors (Lipinski definition) is 2. The molecule has 0 radical (unpaired) electrons. The number of halogens is 1. The van der Waals surface area contributed by atoms with E-state index in [1.54, 1.807) is 7.05 Å². The molecule has 32 heavy (non-hydrogen) atoms. The second-order valence-corrected chi connectivity index (χ2v) is 8.69. The van der Waals surface area contributed by atoms with Gasteiger partial charge in [-0.1, -0.05) is 31.2 Å². The highest BCUT2D eigenvalue weighted by atomic mass is 127. The van der Waals surface area contributed by atoms with E-state index in [1.807, 2.05) is 7.05 Å². The Morgan fingerprint density at radius 1 is 1.03 bits per heavy atom. The lowest BCUT2D eigenvalue weighted by Crippen LogP contribution is -2.46. The number of aliphatic imine (C=N–C) groups is 1. The summed E-state index contributed by atoms with van der Waals surface area (Å²) in [5.74, 6) is 1.58. The monoisotopic (exact) mass is 556 g/mol. The Morgan fingerprint density at radius 3 is 2.25 bits per heavy atom. The van der Waals surface area contributed by atoms with Gasteiger partial charge in [0.2, 0.25) is 5.91 Å². The summed E-state index contributed by atoms with van der Waals surface area (Å²) in [5.41, 5.74) is 2.75. The van der Waals surface area contributed by atoms with E-state index in [9.17, 15) is 4.79 Å². The van der Waals surface area contributed by atoms with Gasteiger partial charge in [0.15, 0.2) is 5.96 Å². The largest absolute Gasteiger partial charge is 0.359 e. The van der Waals surface area contributed by atoms with Crippen LogP contribution in [0.4, 0.5) is 0 Å². The lowest BCUT2D eigenvalue weighted by molar-refractivity contribution is -0.121. The Balaban J connectivity index is 0.00000363. The number of piperazine rings is 1. The number of hydrogen-bond acceptors (Lipinski definition) is 4. The van der Waals surface area contributed by atoms with Crippen molar-refractivity contribution in [2.45, 2.75) is 39.3 Å². The van der Waals surface area contributed by atoms with Crippen LogP contribution in [-0.2, 0) is 17.9 Å². The minimum Gasteiger partial charge on any atom is -0.359 e. The normalized spacial score (nSPS) is 18.8. The minimum atomic E-state index is 0. The summed E-state index contributed by atoms with van der Waals surface area (Å²) >= 11 is 0. The highest BCUT2D eigenvalue weighted by Gasteiger charge is 2.23. The predicted octanol–water partition coefficient (Wildman–Crippen LogP) is 2.37. The molecule has 0 aliphatic carbocycles. The zero-order valence-electron chi connectivity index (χ0n) is 20.0. The van der Waals surface area contributed by atoms with Gasteiger partial charge in [-0.3, -0.25) is 14.7 Å². The second-order valence-electron chi connectivity index (χ2n) is 8.69. The molecule has 0 unspecified atom stereocenters. The zero-order chi connectivity index (χ0) is 22.1. The molecular formula is C24H41IN6O. The Labute approximate surface area is 211 Å². The van der Waals surface area contributed by atoms with Gasteiger partial charge in [0, 0.05) is 72.9 Å². The van der Waals surface area contributed by atoms with Crippen LogP contribution in [0.3, 0.4) is 0 Å². The summed E-state index contributed by atoms with van der Waals surface area (Å²) in [6, 6.07) is 8.76. The summed E-state index contributed by atoms with van der Waals surface area (Å²) in [7, 11) is 3.57. The number of nitrogens with one attached hydrogen (secondary N) is 2. The fourth-order valence-corrected chi connectivity index (χ4v) is 4.61. The molecular weight excluding hydrogens is 515 g/mol. The van der Waals surface area contributed by atoms with Gasteiger partial charge in [-0.05, 0) is 36.4 Å². The summed E-state index contributed by atoms with van der Waals surface area (Å²) in [4.78, 5) is 23.6. The van der Waals surface area contributed by atoms with E-state index in [2.05, 4.69) is 61.5 Å². The quantitative estimate of drug-likeness (QED) is 0.307. The van der Waals surface area contributed by atoms with Gasteiger partial charge in [0.1, 0.15) is 0 Å². The van der Waals surface area contributed by atoms with E-state index in [-0.39, 0.29) is 29.9 Å². The van der Waals surface area contributed by atoms with Crippen LogP contribution in [-0.4, -0.2) is 86.5 Å². The number of likely N-dealkylation sites (N-methyl/N-ethyl adjacent to an activating group) is 1. The molecule has 0 spiro atoms. The molecule has 7 nitrogen and oxygen atoms in total. The highest BCUT2D eigenvalue weighted by molar-refractivity contribution is 14.0. The molecule has 2 heterocycles. The van der Waals surface area contributed by atoms with Crippen LogP contribution in [0.15, 0.2) is 29.3 Å². The maximum atomic E-state index is 11.7. The lowest BCUT2D eigenvalue weighted by atomic mass is 9.93. The highest BCUT2D eigenvalue weighted by Crippen LogP contribution is 2.21.